The summed E-state index contributed by atoms with van der Waals surface area (Å²) in [6.45, 7) is 2.08. The molecule has 1 aromatic rings. The molecular weight excluding hydrogens is 178 g/mol. The standard InChI is InChI=1S/C7H7Br.H3N/c1-6-2-4-7(8)5-3-6;/h2-5H,1H3;1H3. The van der Waals surface area contributed by atoms with Crippen molar-refractivity contribution in [3.05, 3.63) is 34.3 Å². The van der Waals surface area contributed by atoms with Crippen LogP contribution in [0.4, 0.5) is 0 Å². The quantitative estimate of drug-likeness (QED) is 0.667. The van der Waals surface area contributed by atoms with E-state index < -0.39 is 0 Å². The lowest BCUT2D eigenvalue weighted by atomic mass is 10.2. The second-order valence-corrected chi connectivity index (χ2v) is 2.71. The first kappa shape index (κ1) is 8.66. The molecule has 0 fully saturated rings. The Morgan fingerprint density at radius 1 is 1.11 bits per heavy atom. The molecule has 50 valence electrons. The van der Waals surface area contributed by atoms with Gasteiger partial charge >= 0.3 is 0 Å². The van der Waals surface area contributed by atoms with Crippen LogP contribution in [0.2, 0.25) is 0 Å². The Labute approximate surface area is 63.8 Å². The van der Waals surface area contributed by atoms with Crippen LogP contribution in [0.5, 0.6) is 0 Å². The Kier molecular flexibility index (Phi) is 3.50. The maximum Gasteiger partial charge on any atom is 0.0175 e. The lowest BCUT2D eigenvalue weighted by molar-refractivity contribution is 1.46. The highest BCUT2D eigenvalue weighted by Gasteiger charge is 1.81. The molecule has 0 aliphatic rings. The van der Waals surface area contributed by atoms with Gasteiger partial charge in [0.15, 0.2) is 0 Å². The van der Waals surface area contributed by atoms with E-state index >= 15 is 0 Å². The molecule has 0 heterocycles. The first-order chi connectivity index (χ1) is 3.79. The van der Waals surface area contributed by atoms with E-state index in [1.54, 1.807) is 0 Å². The molecule has 0 aromatic heterocycles. The van der Waals surface area contributed by atoms with Crippen LogP contribution in [0.1, 0.15) is 5.56 Å². The van der Waals surface area contributed by atoms with Gasteiger partial charge in [0.1, 0.15) is 0 Å². The Bertz CT molecular complexity index is 148. The zero-order valence-corrected chi connectivity index (χ0v) is 6.98. The molecule has 0 aliphatic carbocycles. The van der Waals surface area contributed by atoms with E-state index in [2.05, 4.69) is 35.0 Å². The van der Waals surface area contributed by atoms with Gasteiger partial charge in [0.2, 0.25) is 0 Å². The average molecular weight is 188 g/mol. The highest BCUT2D eigenvalue weighted by molar-refractivity contribution is 9.10. The van der Waals surface area contributed by atoms with Crippen molar-refractivity contribution < 1.29 is 0 Å². The van der Waals surface area contributed by atoms with Gasteiger partial charge in [-0.3, -0.25) is 0 Å². The monoisotopic (exact) mass is 187 g/mol. The van der Waals surface area contributed by atoms with E-state index in [-0.39, 0.29) is 6.15 Å². The molecule has 3 N–H and O–H groups in total. The van der Waals surface area contributed by atoms with Crippen LogP contribution in [0.3, 0.4) is 0 Å². The van der Waals surface area contributed by atoms with Gasteiger partial charge in [-0.15, -0.1) is 0 Å². The first-order valence-corrected chi connectivity index (χ1v) is 3.30. The molecule has 0 aliphatic heterocycles. The summed E-state index contributed by atoms with van der Waals surface area (Å²) in [5.41, 5.74) is 1.30. The van der Waals surface area contributed by atoms with Crippen LogP contribution >= 0.6 is 15.9 Å². The Morgan fingerprint density at radius 2 is 1.56 bits per heavy atom. The smallest absolute Gasteiger partial charge is 0.0175 e. The summed E-state index contributed by atoms with van der Waals surface area (Å²) in [4.78, 5) is 0. The van der Waals surface area contributed by atoms with Gasteiger partial charge in [0, 0.05) is 4.47 Å². The van der Waals surface area contributed by atoms with Crippen LogP contribution in [0.25, 0.3) is 0 Å². The number of benzene rings is 1. The molecule has 0 amide bonds. The summed E-state index contributed by atoms with van der Waals surface area (Å²) in [6.07, 6.45) is 0. The van der Waals surface area contributed by atoms with Gasteiger partial charge in [-0.05, 0) is 19.1 Å². The Balaban J connectivity index is 0.000000640. The van der Waals surface area contributed by atoms with Crippen molar-refractivity contribution in [2.24, 2.45) is 0 Å². The van der Waals surface area contributed by atoms with Gasteiger partial charge in [0.25, 0.3) is 0 Å². The summed E-state index contributed by atoms with van der Waals surface area (Å²) in [7, 11) is 0. The molecule has 1 nitrogen and oxygen atoms in total. The fourth-order valence-corrected chi connectivity index (χ4v) is 0.798. The molecule has 1 rings (SSSR count). The van der Waals surface area contributed by atoms with Crippen LogP contribution in [-0.2, 0) is 0 Å². The zero-order valence-electron chi connectivity index (χ0n) is 5.39. The largest absolute Gasteiger partial charge is 0.344 e. The number of aryl methyl sites for hydroxylation is 1. The van der Waals surface area contributed by atoms with Gasteiger partial charge in [-0.25, -0.2) is 0 Å². The van der Waals surface area contributed by atoms with Crippen LogP contribution in [0.15, 0.2) is 28.7 Å². The van der Waals surface area contributed by atoms with Crippen LogP contribution in [-0.4, -0.2) is 0 Å². The third-order valence-corrected chi connectivity index (χ3v) is 1.54. The topological polar surface area (TPSA) is 35.0 Å². The number of halogens is 1. The van der Waals surface area contributed by atoms with E-state index in [1.807, 2.05) is 12.1 Å². The van der Waals surface area contributed by atoms with Crippen LogP contribution < -0.4 is 6.15 Å². The van der Waals surface area contributed by atoms with E-state index in [9.17, 15) is 0 Å². The van der Waals surface area contributed by atoms with Gasteiger partial charge < -0.3 is 6.15 Å². The van der Waals surface area contributed by atoms with E-state index in [1.165, 1.54) is 5.56 Å². The summed E-state index contributed by atoms with van der Waals surface area (Å²) >= 11 is 3.35. The molecule has 0 radical (unpaired) electrons. The lowest BCUT2D eigenvalue weighted by Crippen LogP contribution is -1.66. The highest BCUT2D eigenvalue weighted by atomic mass is 79.9. The van der Waals surface area contributed by atoms with Gasteiger partial charge in [0.05, 0.1) is 0 Å². The second-order valence-electron chi connectivity index (χ2n) is 1.80. The third kappa shape index (κ3) is 2.63. The fourth-order valence-electron chi connectivity index (χ4n) is 0.533. The molecule has 0 bridgehead atoms. The van der Waals surface area contributed by atoms with Crippen LogP contribution in [0, 0.1) is 6.92 Å². The zero-order chi connectivity index (χ0) is 5.98. The van der Waals surface area contributed by atoms with E-state index in [4.69, 9.17) is 0 Å². The van der Waals surface area contributed by atoms with Gasteiger partial charge in [-0.2, -0.15) is 0 Å². The number of hydrogen-bond acceptors (Lipinski definition) is 1. The van der Waals surface area contributed by atoms with Crippen molar-refractivity contribution in [3.63, 3.8) is 0 Å². The molecule has 2 heteroatoms. The minimum atomic E-state index is 0. The molecule has 0 atom stereocenters. The first-order valence-electron chi connectivity index (χ1n) is 2.51. The minimum Gasteiger partial charge on any atom is -0.344 e. The van der Waals surface area contributed by atoms with Crippen molar-refractivity contribution >= 4 is 15.9 Å². The maximum atomic E-state index is 3.35. The van der Waals surface area contributed by atoms with Crippen molar-refractivity contribution in [2.75, 3.05) is 0 Å². The molecule has 0 saturated carbocycles. The molecule has 0 spiro atoms. The Morgan fingerprint density at radius 3 is 1.89 bits per heavy atom. The van der Waals surface area contributed by atoms with E-state index in [0.717, 1.165) is 4.47 Å². The predicted molar refractivity (Wildman–Crippen MR) is 43.9 cm³/mol. The highest BCUT2D eigenvalue weighted by Crippen LogP contribution is 2.08. The van der Waals surface area contributed by atoms with Crippen molar-refractivity contribution in [3.8, 4) is 0 Å². The summed E-state index contributed by atoms with van der Waals surface area (Å²) < 4.78 is 1.14. The average Bonchev–Trinajstić information content (AvgIpc) is 1.77. The summed E-state index contributed by atoms with van der Waals surface area (Å²) in [5.74, 6) is 0. The molecule has 0 unspecified atom stereocenters. The van der Waals surface area contributed by atoms with Crippen molar-refractivity contribution in [2.45, 2.75) is 6.92 Å². The minimum absolute atomic E-state index is 0. The summed E-state index contributed by atoms with van der Waals surface area (Å²) in [5, 5.41) is 0. The normalized spacial score (nSPS) is 8.22. The molecular formula is C7H10BrN. The second kappa shape index (κ2) is 3.64. The third-order valence-electron chi connectivity index (χ3n) is 1.01. The lowest BCUT2D eigenvalue weighted by Gasteiger charge is -1.88. The SMILES string of the molecule is Cc1ccc(Br)cc1.N. The van der Waals surface area contributed by atoms with Gasteiger partial charge in [-0.1, -0.05) is 33.6 Å². The van der Waals surface area contributed by atoms with E-state index in [0.29, 0.717) is 0 Å². The maximum absolute atomic E-state index is 3.35. The number of rotatable bonds is 0. The molecule has 1 aromatic carbocycles. The molecule has 0 saturated heterocycles. The van der Waals surface area contributed by atoms with Crippen molar-refractivity contribution in [1.29, 1.82) is 0 Å². The molecule has 9 heavy (non-hydrogen) atoms. The summed E-state index contributed by atoms with van der Waals surface area (Å²) in [6, 6.07) is 8.22. The number of hydrogen-bond donors (Lipinski definition) is 1. The fraction of sp³-hybridized carbons (Fsp3) is 0.143. The predicted octanol–water partition coefficient (Wildman–Crippen LogP) is 2.92. The van der Waals surface area contributed by atoms with Crippen molar-refractivity contribution in [1.82, 2.24) is 6.15 Å². The Hall–Kier alpha value is -0.340.